The maximum absolute atomic E-state index is 11.5. The summed E-state index contributed by atoms with van der Waals surface area (Å²) in [5.74, 6) is 0.269. The Labute approximate surface area is 91.4 Å². The summed E-state index contributed by atoms with van der Waals surface area (Å²) in [4.78, 5) is 11.5. The first-order valence-electron chi connectivity index (χ1n) is 4.76. The van der Waals surface area contributed by atoms with E-state index in [-0.39, 0.29) is 29.8 Å². The number of nitrogens with one attached hydrogen (secondary N) is 2. The van der Waals surface area contributed by atoms with Gasteiger partial charge in [-0.3, -0.25) is 4.79 Å². The zero-order valence-electron chi connectivity index (χ0n) is 8.80. The van der Waals surface area contributed by atoms with Crippen molar-refractivity contribution in [2.75, 3.05) is 19.6 Å². The van der Waals surface area contributed by atoms with E-state index in [1.165, 1.54) is 0 Å². The minimum absolute atomic E-state index is 0. The lowest BCUT2D eigenvalue weighted by molar-refractivity contribution is -0.124. The number of halogens is 1. The molecule has 1 aliphatic rings. The van der Waals surface area contributed by atoms with Crippen molar-refractivity contribution in [3.63, 3.8) is 0 Å². The van der Waals surface area contributed by atoms with Gasteiger partial charge in [0.15, 0.2) is 0 Å². The predicted molar refractivity (Wildman–Crippen MR) is 59.5 cm³/mol. The van der Waals surface area contributed by atoms with Gasteiger partial charge in [0, 0.05) is 18.6 Å². The molecule has 1 heterocycles. The molecular formula is C9H20ClN3O. The topological polar surface area (TPSA) is 67.1 Å². The van der Waals surface area contributed by atoms with Gasteiger partial charge in [0.05, 0.1) is 5.92 Å². The van der Waals surface area contributed by atoms with Crippen LogP contribution in [-0.2, 0) is 4.79 Å². The van der Waals surface area contributed by atoms with Crippen LogP contribution in [0.2, 0.25) is 0 Å². The lowest BCUT2D eigenvalue weighted by atomic mass is 10.1. The monoisotopic (exact) mass is 221 g/mol. The Bertz CT molecular complexity index is 185. The summed E-state index contributed by atoms with van der Waals surface area (Å²) in [5, 5.41) is 6.02. The van der Waals surface area contributed by atoms with Crippen molar-refractivity contribution in [2.45, 2.75) is 25.8 Å². The van der Waals surface area contributed by atoms with Gasteiger partial charge in [-0.1, -0.05) is 0 Å². The van der Waals surface area contributed by atoms with E-state index in [1.54, 1.807) is 0 Å². The molecule has 84 valence electrons. The Morgan fingerprint density at radius 3 is 2.71 bits per heavy atom. The lowest BCUT2D eigenvalue weighted by Gasteiger charge is -2.20. The molecule has 0 aromatic heterocycles. The smallest absolute Gasteiger partial charge is 0.224 e. The van der Waals surface area contributed by atoms with Gasteiger partial charge in [0.1, 0.15) is 0 Å². The Hall–Kier alpha value is -0.320. The van der Waals surface area contributed by atoms with Crippen LogP contribution in [0.3, 0.4) is 0 Å². The van der Waals surface area contributed by atoms with E-state index in [0.29, 0.717) is 6.54 Å². The summed E-state index contributed by atoms with van der Waals surface area (Å²) in [6.45, 7) is 6.10. The summed E-state index contributed by atoms with van der Waals surface area (Å²) in [7, 11) is 0. The van der Waals surface area contributed by atoms with E-state index >= 15 is 0 Å². The molecule has 4 N–H and O–H groups in total. The standard InChI is InChI=1S/C9H19N3O.ClH/c1-9(2,10)6-12-8(13)7-3-4-11-5-7;/h7,11H,3-6,10H2,1-2H3,(H,12,13);1H/t7-;/m0./s1. The van der Waals surface area contributed by atoms with Gasteiger partial charge in [0.2, 0.25) is 5.91 Å². The van der Waals surface area contributed by atoms with Crippen molar-refractivity contribution in [1.82, 2.24) is 10.6 Å². The van der Waals surface area contributed by atoms with E-state index in [1.807, 2.05) is 13.8 Å². The predicted octanol–water partition coefficient (Wildman–Crippen LogP) is -0.129. The molecule has 1 amide bonds. The van der Waals surface area contributed by atoms with Crippen LogP contribution in [0.5, 0.6) is 0 Å². The van der Waals surface area contributed by atoms with Crippen LogP contribution < -0.4 is 16.4 Å². The molecule has 0 saturated carbocycles. The molecule has 0 aliphatic carbocycles. The highest BCUT2D eigenvalue weighted by atomic mass is 35.5. The molecule has 0 aromatic carbocycles. The summed E-state index contributed by atoms with van der Waals surface area (Å²) in [5.41, 5.74) is 5.43. The van der Waals surface area contributed by atoms with Crippen LogP contribution in [0.15, 0.2) is 0 Å². The number of carbonyl (C=O) groups is 1. The van der Waals surface area contributed by atoms with Crippen LogP contribution >= 0.6 is 12.4 Å². The molecule has 0 unspecified atom stereocenters. The van der Waals surface area contributed by atoms with E-state index < -0.39 is 0 Å². The molecule has 1 saturated heterocycles. The molecule has 14 heavy (non-hydrogen) atoms. The van der Waals surface area contributed by atoms with Gasteiger partial charge >= 0.3 is 0 Å². The number of hydrogen-bond donors (Lipinski definition) is 3. The van der Waals surface area contributed by atoms with Crippen molar-refractivity contribution < 1.29 is 4.79 Å². The van der Waals surface area contributed by atoms with Crippen molar-refractivity contribution >= 4 is 18.3 Å². The highest BCUT2D eigenvalue weighted by Crippen LogP contribution is 2.07. The molecule has 0 bridgehead atoms. The zero-order valence-corrected chi connectivity index (χ0v) is 9.62. The third-order valence-corrected chi connectivity index (χ3v) is 2.15. The van der Waals surface area contributed by atoms with E-state index in [4.69, 9.17) is 5.73 Å². The first kappa shape index (κ1) is 13.7. The summed E-state index contributed by atoms with van der Waals surface area (Å²) in [6, 6.07) is 0. The van der Waals surface area contributed by atoms with Crippen molar-refractivity contribution in [3.05, 3.63) is 0 Å². The van der Waals surface area contributed by atoms with E-state index in [2.05, 4.69) is 10.6 Å². The second-order valence-electron chi connectivity index (χ2n) is 4.40. The van der Waals surface area contributed by atoms with Crippen LogP contribution in [0.4, 0.5) is 0 Å². The molecule has 1 rings (SSSR count). The third-order valence-electron chi connectivity index (χ3n) is 2.15. The Kier molecular flexibility index (Phi) is 5.41. The molecule has 5 heteroatoms. The number of nitrogens with two attached hydrogens (primary N) is 1. The Morgan fingerprint density at radius 1 is 1.64 bits per heavy atom. The average molecular weight is 222 g/mol. The summed E-state index contributed by atoms with van der Waals surface area (Å²) < 4.78 is 0. The van der Waals surface area contributed by atoms with Crippen molar-refractivity contribution in [1.29, 1.82) is 0 Å². The van der Waals surface area contributed by atoms with Gasteiger partial charge in [-0.15, -0.1) is 12.4 Å². The van der Waals surface area contributed by atoms with E-state index in [0.717, 1.165) is 19.5 Å². The second kappa shape index (κ2) is 5.53. The van der Waals surface area contributed by atoms with Gasteiger partial charge < -0.3 is 16.4 Å². The van der Waals surface area contributed by atoms with Crippen LogP contribution in [0.25, 0.3) is 0 Å². The first-order chi connectivity index (χ1) is 5.99. The second-order valence-corrected chi connectivity index (χ2v) is 4.40. The zero-order chi connectivity index (χ0) is 9.90. The van der Waals surface area contributed by atoms with Gasteiger partial charge in [-0.2, -0.15) is 0 Å². The number of amides is 1. The van der Waals surface area contributed by atoms with Gasteiger partial charge in [-0.25, -0.2) is 0 Å². The molecule has 4 nitrogen and oxygen atoms in total. The summed E-state index contributed by atoms with van der Waals surface area (Å²) in [6.07, 6.45) is 0.941. The largest absolute Gasteiger partial charge is 0.354 e. The maximum Gasteiger partial charge on any atom is 0.224 e. The first-order valence-corrected chi connectivity index (χ1v) is 4.76. The average Bonchev–Trinajstić information content (AvgIpc) is 2.50. The van der Waals surface area contributed by atoms with Crippen molar-refractivity contribution in [3.8, 4) is 0 Å². The van der Waals surface area contributed by atoms with E-state index in [9.17, 15) is 4.79 Å². The highest BCUT2D eigenvalue weighted by molar-refractivity contribution is 5.85. The van der Waals surface area contributed by atoms with Crippen LogP contribution in [0, 0.1) is 5.92 Å². The highest BCUT2D eigenvalue weighted by Gasteiger charge is 2.23. The minimum atomic E-state index is -0.318. The summed E-state index contributed by atoms with van der Waals surface area (Å²) >= 11 is 0. The Balaban J connectivity index is 0.00000169. The molecular weight excluding hydrogens is 202 g/mol. The molecule has 0 radical (unpaired) electrons. The number of hydrogen-bond acceptors (Lipinski definition) is 3. The van der Waals surface area contributed by atoms with Gasteiger partial charge in [-0.05, 0) is 26.8 Å². The number of carbonyl (C=O) groups excluding carboxylic acids is 1. The maximum atomic E-state index is 11.5. The van der Waals surface area contributed by atoms with Crippen LogP contribution in [-0.4, -0.2) is 31.1 Å². The molecule has 0 aromatic rings. The van der Waals surface area contributed by atoms with Crippen molar-refractivity contribution in [2.24, 2.45) is 11.7 Å². The molecule has 1 fully saturated rings. The minimum Gasteiger partial charge on any atom is -0.354 e. The molecule has 1 atom stereocenters. The third kappa shape index (κ3) is 4.79. The lowest BCUT2D eigenvalue weighted by Crippen LogP contribution is -2.46. The SMILES string of the molecule is CC(C)(N)CNC(=O)[C@H]1CCNC1.Cl. The Morgan fingerprint density at radius 2 is 2.29 bits per heavy atom. The fraction of sp³-hybridized carbons (Fsp3) is 0.889. The number of rotatable bonds is 3. The molecule has 1 aliphatic heterocycles. The fourth-order valence-electron chi connectivity index (χ4n) is 1.34. The normalized spacial score (nSPS) is 21.5. The quantitative estimate of drug-likeness (QED) is 0.622. The molecule has 0 spiro atoms. The fourth-order valence-corrected chi connectivity index (χ4v) is 1.34. The van der Waals surface area contributed by atoms with Gasteiger partial charge in [0.25, 0.3) is 0 Å². The van der Waals surface area contributed by atoms with Crippen LogP contribution in [0.1, 0.15) is 20.3 Å².